The quantitative estimate of drug-likeness (QED) is 0.0969. The van der Waals surface area contributed by atoms with Gasteiger partial charge in [-0.25, -0.2) is 13.6 Å². The Morgan fingerprint density at radius 1 is 0.778 bits per heavy atom. The highest BCUT2D eigenvalue weighted by Gasteiger charge is 2.02. The third-order valence-corrected chi connectivity index (χ3v) is 6.21. The van der Waals surface area contributed by atoms with Gasteiger partial charge in [-0.05, 0) is 13.3 Å². The van der Waals surface area contributed by atoms with Gasteiger partial charge in [0.1, 0.15) is 9.52 Å². The lowest BCUT2D eigenvalue weighted by Gasteiger charge is -2.04. The van der Waals surface area contributed by atoms with Crippen LogP contribution in [-0.2, 0) is 9.53 Å². The van der Waals surface area contributed by atoms with Gasteiger partial charge in [0.15, 0.2) is 0 Å². The number of allylic oxidation sites excluding steroid dienone is 1. The van der Waals surface area contributed by atoms with Crippen molar-refractivity contribution < 1.29 is 18.3 Å². The second kappa shape index (κ2) is 21.6. The molecule has 0 bridgehead atoms. The summed E-state index contributed by atoms with van der Waals surface area (Å²) >= 11 is 0. The summed E-state index contributed by atoms with van der Waals surface area (Å²) in [6.45, 7) is 2.36. The van der Waals surface area contributed by atoms with Gasteiger partial charge in [-0.15, -0.1) is 0 Å². The van der Waals surface area contributed by atoms with Gasteiger partial charge in [-0.3, -0.25) is 0 Å². The van der Waals surface area contributed by atoms with E-state index in [0.29, 0.717) is 6.61 Å². The molecule has 0 saturated carbocycles. The molecule has 0 rings (SSSR count). The molecule has 0 amide bonds. The van der Waals surface area contributed by atoms with E-state index in [1.54, 1.807) is 6.08 Å². The predicted molar refractivity (Wildman–Crippen MR) is 114 cm³/mol. The van der Waals surface area contributed by atoms with Crippen LogP contribution in [0.3, 0.4) is 0 Å². The Bertz CT molecular complexity index is 349. The van der Waals surface area contributed by atoms with Crippen LogP contribution in [0.1, 0.15) is 103 Å². The molecule has 0 aliphatic carbocycles. The minimum Gasteiger partial charge on any atom is -0.463 e. The maximum Gasteiger partial charge on any atom is 0.330 e. The normalized spacial score (nSPS) is 12.0. The van der Waals surface area contributed by atoms with E-state index in [0.717, 1.165) is 31.7 Å². The zero-order valence-corrected chi connectivity index (χ0v) is 18.9. The van der Waals surface area contributed by atoms with Gasteiger partial charge in [-0.1, -0.05) is 102 Å². The minimum atomic E-state index is -1.98. The van der Waals surface area contributed by atoms with Crippen molar-refractivity contribution in [2.24, 2.45) is 0 Å². The number of alkyl halides is 2. The number of ether oxygens (including phenoxy) is 1. The molecule has 0 N–H and O–H groups in total. The zero-order chi connectivity index (χ0) is 20.0. The van der Waals surface area contributed by atoms with E-state index < -0.39 is 15.6 Å². The first-order chi connectivity index (χ1) is 13.2. The number of halogens is 2. The summed E-state index contributed by atoms with van der Waals surface area (Å²) in [6, 6.07) is -1.16. The molecule has 0 unspecified atom stereocenters. The van der Waals surface area contributed by atoms with Crippen molar-refractivity contribution in [3.63, 3.8) is 0 Å². The Kier molecular flexibility index (Phi) is 21.0. The molecule has 0 saturated heterocycles. The van der Waals surface area contributed by atoms with Crippen molar-refractivity contribution in [3.8, 4) is 0 Å². The van der Waals surface area contributed by atoms with Crippen LogP contribution in [0.2, 0.25) is 6.04 Å². The maximum atomic E-state index is 12.0. The fraction of sp³-hybridized carbons (Fsp3) is 0.864. The number of unbranched alkanes of at least 4 members (excludes halogenated alkanes) is 14. The summed E-state index contributed by atoms with van der Waals surface area (Å²) in [6.07, 6.45) is 21.8. The number of rotatable bonds is 20. The van der Waals surface area contributed by atoms with Crippen LogP contribution in [0.25, 0.3) is 0 Å². The van der Waals surface area contributed by atoms with Crippen LogP contribution in [0.15, 0.2) is 12.2 Å². The Hall–Kier alpha value is -0.713. The molecule has 0 atom stereocenters. The highest BCUT2D eigenvalue weighted by Crippen LogP contribution is 2.14. The van der Waals surface area contributed by atoms with Crippen LogP contribution in [-0.4, -0.2) is 28.1 Å². The highest BCUT2D eigenvalue weighted by atomic mass is 28.2. The number of carbonyl (C=O) groups excluding carboxylic acids is 1. The van der Waals surface area contributed by atoms with Gasteiger partial charge in [0.05, 0.1) is 6.61 Å². The molecule has 27 heavy (non-hydrogen) atoms. The summed E-state index contributed by atoms with van der Waals surface area (Å²) in [5.74, 6) is -0.233. The monoisotopic (exact) mass is 404 g/mol. The fourth-order valence-electron chi connectivity index (χ4n) is 3.23. The van der Waals surface area contributed by atoms with Crippen molar-refractivity contribution in [2.45, 2.75) is 115 Å². The molecule has 0 spiro atoms. The van der Waals surface area contributed by atoms with E-state index in [9.17, 15) is 13.6 Å². The molecular weight excluding hydrogens is 362 g/mol. The predicted octanol–water partition coefficient (Wildman–Crippen LogP) is 6.77. The number of esters is 1. The van der Waals surface area contributed by atoms with Crippen LogP contribution >= 0.6 is 0 Å². The third-order valence-electron chi connectivity index (χ3n) is 4.86. The van der Waals surface area contributed by atoms with Gasteiger partial charge in [0.25, 0.3) is 0 Å². The van der Waals surface area contributed by atoms with Crippen molar-refractivity contribution in [2.75, 3.05) is 6.61 Å². The van der Waals surface area contributed by atoms with E-state index >= 15 is 0 Å². The molecule has 0 fully saturated rings. The summed E-state index contributed by atoms with van der Waals surface area (Å²) in [7, 11) is -1.08. The molecule has 0 aromatic carbocycles. The topological polar surface area (TPSA) is 26.3 Å². The Balaban J connectivity index is 3.06. The van der Waals surface area contributed by atoms with E-state index in [1.165, 1.54) is 76.7 Å². The molecule has 0 heterocycles. The van der Waals surface area contributed by atoms with Crippen LogP contribution in [0.5, 0.6) is 0 Å². The van der Waals surface area contributed by atoms with Gasteiger partial charge in [0, 0.05) is 6.08 Å². The minimum absolute atomic E-state index is 0.233. The Morgan fingerprint density at radius 3 is 1.59 bits per heavy atom. The molecule has 0 aliphatic rings. The first-order valence-electron chi connectivity index (χ1n) is 11.2. The SMILES string of the molecule is CC=CC(=O)OCCCCCCCCCCCCCCCCC[SiH2]C(F)F. The van der Waals surface area contributed by atoms with Crippen molar-refractivity contribution in [1.82, 2.24) is 0 Å². The van der Waals surface area contributed by atoms with E-state index in [2.05, 4.69) is 0 Å². The largest absolute Gasteiger partial charge is 0.463 e. The van der Waals surface area contributed by atoms with Crippen molar-refractivity contribution >= 4 is 15.5 Å². The lowest BCUT2D eigenvalue weighted by Crippen LogP contribution is -2.02. The molecule has 0 radical (unpaired) electrons. The smallest absolute Gasteiger partial charge is 0.330 e. The molecule has 0 aliphatic heterocycles. The summed E-state index contributed by atoms with van der Waals surface area (Å²) < 4.78 is 29.1. The van der Waals surface area contributed by atoms with Gasteiger partial charge in [0.2, 0.25) is 6.05 Å². The first kappa shape index (κ1) is 26.3. The zero-order valence-electron chi connectivity index (χ0n) is 17.5. The molecule has 5 heteroatoms. The molecular formula is C22H42F2O2Si. The van der Waals surface area contributed by atoms with Crippen LogP contribution < -0.4 is 0 Å². The third kappa shape index (κ3) is 23.2. The summed E-state index contributed by atoms with van der Waals surface area (Å²) in [5, 5.41) is 0. The van der Waals surface area contributed by atoms with Crippen LogP contribution in [0, 0.1) is 0 Å². The second-order valence-electron chi connectivity index (χ2n) is 7.50. The molecule has 0 aromatic rings. The van der Waals surface area contributed by atoms with Crippen molar-refractivity contribution in [1.29, 1.82) is 0 Å². The van der Waals surface area contributed by atoms with Crippen LogP contribution in [0.4, 0.5) is 8.78 Å². The van der Waals surface area contributed by atoms with Gasteiger partial charge < -0.3 is 4.74 Å². The standard InChI is InChI=1S/C22H42F2O2Si/c1-2-18-21(25)26-19-16-14-12-10-8-6-4-3-5-7-9-11-13-15-17-20-27-22(23)24/h2,18,22H,3-17,19-20,27H2,1H3. The average Bonchev–Trinajstić information content (AvgIpc) is 2.63. The van der Waals surface area contributed by atoms with E-state index in [4.69, 9.17) is 4.74 Å². The Morgan fingerprint density at radius 2 is 1.19 bits per heavy atom. The van der Waals surface area contributed by atoms with Gasteiger partial charge >= 0.3 is 5.97 Å². The number of carbonyl (C=O) groups is 1. The Labute approximate surface area is 168 Å². The van der Waals surface area contributed by atoms with E-state index in [-0.39, 0.29) is 5.97 Å². The highest BCUT2D eigenvalue weighted by molar-refractivity contribution is 6.36. The lowest BCUT2D eigenvalue weighted by molar-refractivity contribution is -0.137. The lowest BCUT2D eigenvalue weighted by atomic mass is 10.0. The molecule has 2 nitrogen and oxygen atoms in total. The van der Waals surface area contributed by atoms with Gasteiger partial charge in [-0.2, -0.15) is 0 Å². The van der Waals surface area contributed by atoms with E-state index in [1.807, 2.05) is 6.92 Å². The first-order valence-corrected chi connectivity index (χ1v) is 13.1. The fourth-order valence-corrected chi connectivity index (χ4v) is 4.18. The number of hydrogen-bond donors (Lipinski definition) is 0. The number of hydrogen-bond acceptors (Lipinski definition) is 2. The molecule has 0 aromatic heterocycles. The van der Waals surface area contributed by atoms with Crippen molar-refractivity contribution in [3.05, 3.63) is 12.2 Å². The maximum absolute atomic E-state index is 12.0. The summed E-state index contributed by atoms with van der Waals surface area (Å²) in [4.78, 5) is 11.1. The second-order valence-corrected chi connectivity index (χ2v) is 9.41. The summed E-state index contributed by atoms with van der Waals surface area (Å²) in [5.41, 5.74) is 0. The average molecular weight is 405 g/mol. The molecule has 160 valence electrons.